The van der Waals surface area contributed by atoms with Crippen molar-refractivity contribution < 1.29 is 17.9 Å². The molecular weight excluding hydrogens is 318 g/mol. The van der Waals surface area contributed by atoms with Gasteiger partial charge in [0.05, 0.1) is 11.7 Å². The summed E-state index contributed by atoms with van der Waals surface area (Å²) in [5.41, 5.74) is 1.22. The Hall–Kier alpha value is -1.64. The van der Waals surface area contributed by atoms with E-state index in [0.29, 0.717) is 37.4 Å². The fraction of sp³-hybridized carbons (Fsp3) is 0.533. The van der Waals surface area contributed by atoms with Gasteiger partial charge in [-0.25, -0.2) is 0 Å². The van der Waals surface area contributed by atoms with Gasteiger partial charge in [-0.05, 0) is 37.1 Å². The van der Waals surface area contributed by atoms with Gasteiger partial charge in [-0.15, -0.1) is 0 Å². The molecule has 128 valence electrons. The molecule has 2 rings (SSSR count). The molecular formula is C15H23N3O4S. The van der Waals surface area contributed by atoms with Crippen molar-refractivity contribution in [3.05, 3.63) is 24.3 Å². The number of nitrogens with one attached hydrogen (secondary N) is 1. The molecule has 1 amide bonds. The standard InChI is InChI=1S/C15H23N3O4S/c1-12(19)16-13-4-6-14(7-5-13)18(23(20,21)17(2)3)15-8-10-22-11-9-15/h4-7,15H,8-11H2,1-3H3,(H,16,19). The van der Waals surface area contributed by atoms with E-state index >= 15 is 0 Å². The molecule has 1 aliphatic rings. The topological polar surface area (TPSA) is 79.0 Å². The second-order valence-corrected chi connectivity index (χ2v) is 7.68. The van der Waals surface area contributed by atoms with Gasteiger partial charge in [0.1, 0.15) is 0 Å². The average molecular weight is 341 g/mol. The third kappa shape index (κ3) is 4.21. The van der Waals surface area contributed by atoms with Gasteiger partial charge in [0.25, 0.3) is 0 Å². The highest BCUT2D eigenvalue weighted by molar-refractivity contribution is 7.90. The van der Waals surface area contributed by atoms with E-state index in [-0.39, 0.29) is 11.9 Å². The number of nitrogens with zero attached hydrogens (tertiary/aromatic N) is 2. The van der Waals surface area contributed by atoms with E-state index in [4.69, 9.17) is 4.74 Å². The van der Waals surface area contributed by atoms with Crippen molar-refractivity contribution in [3.8, 4) is 0 Å². The fourth-order valence-electron chi connectivity index (χ4n) is 2.52. The Labute approximate surface area is 137 Å². The van der Waals surface area contributed by atoms with Crippen molar-refractivity contribution in [1.82, 2.24) is 4.31 Å². The lowest BCUT2D eigenvalue weighted by molar-refractivity contribution is -0.114. The second-order valence-electron chi connectivity index (χ2n) is 5.66. The molecule has 8 heteroatoms. The van der Waals surface area contributed by atoms with Gasteiger partial charge in [-0.3, -0.25) is 9.10 Å². The monoisotopic (exact) mass is 341 g/mol. The van der Waals surface area contributed by atoms with Crippen LogP contribution in [0.25, 0.3) is 0 Å². The second kappa shape index (κ2) is 7.29. The van der Waals surface area contributed by atoms with E-state index in [1.807, 2.05) is 0 Å². The number of hydrogen-bond acceptors (Lipinski definition) is 4. The Balaban J connectivity index is 2.35. The van der Waals surface area contributed by atoms with Gasteiger partial charge in [0.15, 0.2) is 0 Å². The van der Waals surface area contributed by atoms with Crippen LogP contribution in [0.4, 0.5) is 11.4 Å². The normalized spacial score (nSPS) is 16.3. The summed E-state index contributed by atoms with van der Waals surface area (Å²) < 4.78 is 33.5. The Kier molecular flexibility index (Phi) is 5.61. The molecule has 1 saturated heterocycles. The number of carbonyl (C=O) groups excluding carboxylic acids is 1. The third-order valence-corrected chi connectivity index (χ3v) is 5.60. The number of amides is 1. The van der Waals surface area contributed by atoms with Crippen molar-refractivity contribution in [2.24, 2.45) is 0 Å². The molecule has 0 unspecified atom stereocenters. The zero-order chi connectivity index (χ0) is 17.0. The first-order valence-electron chi connectivity index (χ1n) is 7.49. The van der Waals surface area contributed by atoms with Crippen molar-refractivity contribution in [1.29, 1.82) is 0 Å². The number of carbonyl (C=O) groups is 1. The smallest absolute Gasteiger partial charge is 0.303 e. The summed E-state index contributed by atoms with van der Waals surface area (Å²) in [4.78, 5) is 11.1. The quantitative estimate of drug-likeness (QED) is 0.879. The van der Waals surface area contributed by atoms with Crippen LogP contribution in [0.5, 0.6) is 0 Å². The van der Waals surface area contributed by atoms with Crippen LogP contribution in [0.1, 0.15) is 19.8 Å². The van der Waals surface area contributed by atoms with E-state index in [1.165, 1.54) is 29.6 Å². The van der Waals surface area contributed by atoms with Crippen LogP contribution in [-0.2, 0) is 19.7 Å². The maximum Gasteiger partial charge on any atom is 0.303 e. The Morgan fingerprint density at radius 2 is 1.74 bits per heavy atom. The number of anilines is 2. The minimum absolute atomic E-state index is 0.136. The highest BCUT2D eigenvalue weighted by atomic mass is 32.2. The number of rotatable bonds is 5. The lowest BCUT2D eigenvalue weighted by atomic mass is 10.1. The van der Waals surface area contributed by atoms with Gasteiger partial charge in [0, 0.05) is 39.9 Å². The third-order valence-electron chi connectivity index (χ3n) is 3.67. The van der Waals surface area contributed by atoms with E-state index < -0.39 is 10.2 Å². The van der Waals surface area contributed by atoms with Crippen molar-refractivity contribution in [2.75, 3.05) is 36.9 Å². The predicted molar refractivity (Wildman–Crippen MR) is 89.7 cm³/mol. The molecule has 0 bridgehead atoms. The molecule has 1 aromatic rings. The zero-order valence-electron chi connectivity index (χ0n) is 13.7. The first-order valence-corrected chi connectivity index (χ1v) is 8.89. The first kappa shape index (κ1) is 17.7. The van der Waals surface area contributed by atoms with E-state index in [0.717, 1.165) is 0 Å². The van der Waals surface area contributed by atoms with Gasteiger partial charge >= 0.3 is 10.2 Å². The average Bonchev–Trinajstić information content (AvgIpc) is 2.49. The van der Waals surface area contributed by atoms with Crippen LogP contribution in [0.15, 0.2) is 24.3 Å². The van der Waals surface area contributed by atoms with Gasteiger partial charge in [-0.1, -0.05) is 0 Å². The van der Waals surface area contributed by atoms with Crippen LogP contribution >= 0.6 is 0 Å². The molecule has 0 aromatic heterocycles. The Morgan fingerprint density at radius 3 is 2.22 bits per heavy atom. The molecule has 0 spiro atoms. The molecule has 23 heavy (non-hydrogen) atoms. The van der Waals surface area contributed by atoms with Crippen molar-refractivity contribution >= 4 is 27.5 Å². The highest BCUT2D eigenvalue weighted by Crippen LogP contribution is 2.28. The number of ether oxygens (including phenoxy) is 1. The molecule has 1 heterocycles. The number of benzene rings is 1. The molecule has 7 nitrogen and oxygen atoms in total. The summed E-state index contributed by atoms with van der Waals surface area (Å²) in [5, 5.41) is 2.67. The molecule has 1 aliphatic heterocycles. The maximum atomic E-state index is 12.7. The molecule has 0 atom stereocenters. The van der Waals surface area contributed by atoms with Crippen molar-refractivity contribution in [3.63, 3.8) is 0 Å². The highest BCUT2D eigenvalue weighted by Gasteiger charge is 2.33. The predicted octanol–water partition coefficient (Wildman–Crippen LogP) is 1.44. The largest absolute Gasteiger partial charge is 0.381 e. The van der Waals surface area contributed by atoms with Crippen LogP contribution in [0.3, 0.4) is 0 Å². The molecule has 0 saturated carbocycles. The Bertz CT molecular complexity index is 637. The van der Waals surface area contributed by atoms with E-state index in [1.54, 1.807) is 24.3 Å². The van der Waals surface area contributed by atoms with Crippen LogP contribution < -0.4 is 9.62 Å². The SMILES string of the molecule is CC(=O)Nc1ccc(N(C2CCOCC2)S(=O)(=O)N(C)C)cc1. The molecule has 1 aromatic carbocycles. The van der Waals surface area contributed by atoms with E-state index in [9.17, 15) is 13.2 Å². The zero-order valence-corrected chi connectivity index (χ0v) is 14.5. The molecule has 1 N–H and O–H groups in total. The number of hydrogen-bond donors (Lipinski definition) is 1. The summed E-state index contributed by atoms with van der Waals surface area (Å²) in [6.45, 7) is 2.53. The Morgan fingerprint density at radius 1 is 1.17 bits per heavy atom. The lowest BCUT2D eigenvalue weighted by Gasteiger charge is -2.36. The summed E-state index contributed by atoms with van der Waals surface area (Å²) in [6.07, 6.45) is 1.31. The molecule has 1 fully saturated rings. The fourth-order valence-corrected chi connectivity index (χ4v) is 3.85. The first-order chi connectivity index (χ1) is 10.8. The van der Waals surface area contributed by atoms with E-state index in [2.05, 4.69) is 5.32 Å². The molecule has 0 aliphatic carbocycles. The maximum absolute atomic E-state index is 12.7. The summed E-state index contributed by atoms with van der Waals surface area (Å²) in [6, 6.07) is 6.69. The summed E-state index contributed by atoms with van der Waals surface area (Å²) >= 11 is 0. The minimum atomic E-state index is -3.60. The molecule has 0 radical (unpaired) electrons. The van der Waals surface area contributed by atoms with Crippen LogP contribution in [0.2, 0.25) is 0 Å². The van der Waals surface area contributed by atoms with Gasteiger partial charge < -0.3 is 10.1 Å². The van der Waals surface area contributed by atoms with Gasteiger partial charge in [0.2, 0.25) is 5.91 Å². The van der Waals surface area contributed by atoms with Gasteiger partial charge in [-0.2, -0.15) is 12.7 Å². The summed E-state index contributed by atoms with van der Waals surface area (Å²) in [7, 11) is -0.561. The minimum Gasteiger partial charge on any atom is -0.381 e. The van der Waals surface area contributed by atoms with Crippen LogP contribution in [-0.4, -0.2) is 52.0 Å². The summed E-state index contributed by atoms with van der Waals surface area (Å²) in [5.74, 6) is -0.167. The van der Waals surface area contributed by atoms with Crippen LogP contribution in [0, 0.1) is 0 Å². The lowest BCUT2D eigenvalue weighted by Crippen LogP contribution is -2.48. The van der Waals surface area contributed by atoms with Crippen molar-refractivity contribution in [2.45, 2.75) is 25.8 Å².